The molecule has 2 rings (SSSR count). The summed E-state index contributed by atoms with van der Waals surface area (Å²) in [6, 6.07) is 8.85. The highest BCUT2D eigenvalue weighted by Gasteiger charge is 2.09. The number of rotatable bonds is 5. The quantitative estimate of drug-likeness (QED) is 0.815. The largest absolute Gasteiger partial charge is 0.497 e. The first-order valence-corrected chi connectivity index (χ1v) is 6.52. The summed E-state index contributed by atoms with van der Waals surface area (Å²) in [4.78, 5) is 18.9. The average molecular weight is 338 g/mol. The molecule has 0 aliphatic rings. The number of aromatic carboxylic acids is 1. The van der Waals surface area contributed by atoms with Crippen LogP contribution in [-0.4, -0.2) is 28.2 Å². The fourth-order valence-electron chi connectivity index (χ4n) is 1.53. The average Bonchev–Trinajstić information content (AvgIpc) is 2.45. The van der Waals surface area contributed by atoms with Crippen LogP contribution in [0.15, 0.2) is 34.9 Å². The maximum absolute atomic E-state index is 10.9. The van der Waals surface area contributed by atoms with E-state index < -0.39 is 5.97 Å². The first-order chi connectivity index (χ1) is 9.58. The van der Waals surface area contributed by atoms with E-state index in [0.717, 1.165) is 11.3 Å². The zero-order valence-electron chi connectivity index (χ0n) is 10.6. The molecule has 0 fully saturated rings. The van der Waals surface area contributed by atoms with Gasteiger partial charge in [-0.1, -0.05) is 12.1 Å². The molecule has 0 radical (unpaired) electrons. The number of methoxy groups -OCH3 is 1. The Bertz CT molecular complexity index is 617. The van der Waals surface area contributed by atoms with Crippen LogP contribution in [0.5, 0.6) is 5.75 Å². The lowest BCUT2D eigenvalue weighted by atomic mass is 10.2. The Morgan fingerprint density at radius 2 is 2.05 bits per heavy atom. The molecule has 0 spiro atoms. The first kappa shape index (κ1) is 14.3. The fourth-order valence-corrected chi connectivity index (χ4v) is 1.92. The summed E-state index contributed by atoms with van der Waals surface area (Å²) in [7, 11) is 1.61. The van der Waals surface area contributed by atoms with Crippen molar-refractivity contribution >= 4 is 27.8 Å². The van der Waals surface area contributed by atoms with Gasteiger partial charge in [0.05, 0.1) is 7.11 Å². The predicted molar refractivity (Wildman–Crippen MR) is 77.0 cm³/mol. The van der Waals surface area contributed by atoms with Crippen molar-refractivity contribution in [3.05, 3.63) is 46.2 Å². The highest BCUT2D eigenvalue weighted by molar-refractivity contribution is 9.10. The number of aromatic nitrogens is 2. The lowest BCUT2D eigenvalue weighted by Crippen LogP contribution is -2.08. The van der Waals surface area contributed by atoms with E-state index in [9.17, 15) is 4.79 Å². The van der Waals surface area contributed by atoms with Crippen LogP contribution in [0.2, 0.25) is 0 Å². The minimum atomic E-state index is -1.10. The van der Waals surface area contributed by atoms with Crippen LogP contribution in [0.4, 0.5) is 5.95 Å². The van der Waals surface area contributed by atoms with Gasteiger partial charge in [0, 0.05) is 12.6 Å². The van der Waals surface area contributed by atoms with Crippen molar-refractivity contribution in [1.29, 1.82) is 0 Å². The summed E-state index contributed by atoms with van der Waals surface area (Å²) >= 11 is 3.16. The zero-order valence-corrected chi connectivity index (χ0v) is 12.2. The van der Waals surface area contributed by atoms with Crippen LogP contribution in [0.3, 0.4) is 0 Å². The summed E-state index contributed by atoms with van der Waals surface area (Å²) < 4.78 is 5.49. The second-order valence-corrected chi connectivity index (χ2v) is 4.72. The molecule has 0 saturated carbocycles. The van der Waals surface area contributed by atoms with Gasteiger partial charge < -0.3 is 15.2 Å². The summed E-state index contributed by atoms with van der Waals surface area (Å²) in [5.41, 5.74) is 0.940. The molecule has 0 aliphatic carbocycles. The Labute approximate surface area is 124 Å². The van der Waals surface area contributed by atoms with E-state index in [1.165, 1.54) is 6.07 Å². The monoisotopic (exact) mass is 337 g/mol. The van der Waals surface area contributed by atoms with Gasteiger partial charge in [-0.25, -0.2) is 14.8 Å². The van der Waals surface area contributed by atoms with Crippen LogP contribution in [0.25, 0.3) is 0 Å². The molecular weight excluding hydrogens is 326 g/mol. The fraction of sp³-hybridized carbons (Fsp3) is 0.154. The van der Waals surface area contributed by atoms with Crippen molar-refractivity contribution in [2.24, 2.45) is 0 Å². The molecule has 0 atom stereocenters. The number of nitrogens with one attached hydrogen (secondary N) is 1. The maximum atomic E-state index is 10.9. The Hall–Kier alpha value is -2.15. The van der Waals surface area contributed by atoms with Crippen LogP contribution in [0.1, 0.15) is 16.1 Å². The predicted octanol–water partition coefficient (Wildman–Crippen LogP) is 2.56. The molecule has 104 valence electrons. The van der Waals surface area contributed by atoms with Crippen LogP contribution in [0, 0.1) is 0 Å². The summed E-state index contributed by atoms with van der Waals surface area (Å²) in [6.07, 6.45) is 0. The third kappa shape index (κ3) is 3.67. The number of halogens is 1. The molecule has 0 amide bonds. The van der Waals surface area contributed by atoms with Crippen molar-refractivity contribution < 1.29 is 14.6 Å². The van der Waals surface area contributed by atoms with Gasteiger partial charge in [0.1, 0.15) is 10.4 Å². The highest BCUT2D eigenvalue weighted by Crippen LogP contribution is 2.14. The van der Waals surface area contributed by atoms with Crippen molar-refractivity contribution in [3.63, 3.8) is 0 Å². The van der Waals surface area contributed by atoms with Gasteiger partial charge >= 0.3 is 5.97 Å². The highest BCUT2D eigenvalue weighted by atomic mass is 79.9. The Morgan fingerprint density at radius 1 is 1.35 bits per heavy atom. The Morgan fingerprint density at radius 3 is 2.65 bits per heavy atom. The number of hydrogen-bond acceptors (Lipinski definition) is 5. The van der Waals surface area contributed by atoms with E-state index in [-0.39, 0.29) is 11.6 Å². The number of anilines is 1. The maximum Gasteiger partial charge on any atom is 0.354 e. The molecule has 6 nitrogen and oxygen atoms in total. The van der Waals surface area contributed by atoms with Gasteiger partial charge in [-0.15, -0.1) is 0 Å². The number of hydrogen-bond donors (Lipinski definition) is 2. The van der Waals surface area contributed by atoms with Crippen molar-refractivity contribution in [2.75, 3.05) is 12.4 Å². The van der Waals surface area contributed by atoms with E-state index in [2.05, 4.69) is 31.2 Å². The van der Waals surface area contributed by atoms with Gasteiger partial charge in [-0.3, -0.25) is 0 Å². The molecule has 1 heterocycles. The molecule has 1 aromatic heterocycles. The van der Waals surface area contributed by atoms with Crippen molar-refractivity contribution in [2.45, 2.75) is 6.54 Å². The number of carboxylic acid groups (broad SMARTS) is 1. The van der Waals surface area contributed by atoms with Gasteiger partial charge in [-0.2, -0.15) is 0 Å². The number of nitrogens with zero attached hydrogens (tertiary/aromatic N) is 2. The van der Waals surface area contributed by atoms with E-state index in [0.29, 0.717) is 11.1 Å². The lowest BCUT2D eigenvalue weighted by molar-refractivity contribution is 0.0690. The minimum absolute atomic E-state index is 0.0656. The van der Waals surface area contributed by atoms with E-state index >= 15 is 0 Å². The van der Waals surface area contributed by atoms with Gasteiger partial charge in [-0.05, 0) is 33.6 Å². The topological polar surface area (TPSA) is 84.3 Å². The zero-order chi connectivity index (χ0) is 14.5. The lowest BCUT2D eigenvalue weighted by Gasteiger charge is -2.07. The van der Waals surface area contributed by atoms with Crippen LogP contribution in [-0.2, 0) is 6.54 Å². The molecule has 20 heavy (non-hydrogen) atoms. The number of ether oxygens (including phenoxy) is 1. The van der Waals surface area contributed by atoms with Crippen molar-refractivity contribution in [3.8, 4) is 5.75 Å². The number of carboxylic acids is 1. The van der Waals surface area contributed by atoms with E-state index in [1.807, 2.05) is 24.3 Å². The SMILES string of the molecule is COc1ccc(CNc2nc(Br)cc(C(=O)O)n2)cc1. The number of benzene rings is 1. The molecular formula is C13H12BrN3O3. The molecule has 0 unspecified atom stereocenters. The molecule has 7 heteroatoms. The molecule has 0 saturated heterocycles. The van der Waals surface area contributed by atoms with Crippen LogP contribution < -0.4 is 10.1 Å². The van der Waals surface area contributed by atoms with Crippen molar-refractivity contribution in [1.82, 2.24) is 9.97 Å². The van der Waals surface area contributed by atoms with Gasteiger partial charge in [0.25, 0.3) is 0 Å². The first-order valence-electron chi connectivity index (χ1n) is 5.73. The Kier molecular flexibility index (Phi) is 4.52. The minimum Gasteiger partial charge on any atom is -0.497 e. The molecule has 0 bridgehead atoms. The molecule has 2 aromatic rings. The normalized spacial score (nSPS) is 10.1. The second-order valence-electron chi connectivity index (χ2n) is 3.91. The van der Waals surface area contributed by atoms with Gasteiger partial charge in [0.15, 0.2) is 5.69 Å². The standard InChI is InChI=1S/C13H12BrN3O3/c1-20-9-4-2-8(3-5-9)7-15-13-16-10(12(18)19)6-11(14)17-13/h2-6H,7H2,1H3,(H,18,19)(H,15,16,17). The molecule has 1 aromatic carbocycles. The van der Waals surface area contributed by atoms with Gasteiger partial charge in [0.2, 0.25) is 5.95 Å². The van der Waals surface area contributed by atoms with Crippen LogP contribution >= 0.6 is 15.9 Å². The summed E-state index contributed by atoms with van der Waals surface area (Å²) in [5.74, 6) is -0.0613. The molecule has 0 aliphatic heterocycles. The Balaban J connectivity index is 2.08. The summed E-state index contributed by atoms with van der Waals surface area (Å²) in [5, 5.41) is 11.9. The number of carbonyl (C=O) groups is 1. The third-order valence-corrected chi connectivity index (χ3v) is 2.93. The second kappa shape index (κ2) is 6.33. The summed E-state index contributed by atoms with van der Waals surface area (Å²) in [6.45, 7) is 0.486. The smallest absolute Gasteiger partial charge is 0.354 e. The van der Waals surface area contributed by atoms with E-state index in [1.54, 1.807) is 7.11 Å². The third-order valence-electron chi connectivity index (χ3n) is 2.52. The molecule has 2 N–H and O–H groups in total. The van der Waals surface area contributed by atoms with E-state index in [4.69, 9.17) is 9.84 Å².